The Hall–Kier alpha value is -2.79. The van der Waals surface area contributed by atoms with E-state index >= 15 is 0 Å². The molecule has 0 aliphatic carbocycles. The van der Waals surface area contributed by atoms with E-state index < -0.39 is 8.38 Å². The van der Waals surface area contributed by atoms with Gasteiger partial charge in [-0.15, -0.1) is 0 Å². The van der Waals surface area contributed by atoms with Gasteiger partial charge in [0, 0.05) is 23.1 Å². The van der Waals surface area contributed by atoms with Crippen molar-refractivity contribution in [2.45, 2.75) is 33.1 Å². The topological polar surface area (TPSA) is 101 Å². The van der Waals surface area contributed by atoms with Crippen LogP contribution in [0, 0.1) is 13.8 Å². The highest BCUT2D eigenvalue weighted by atomic mass is 31.2. The first-order chi connectivity index (χ1) is 15.4. The maximum Gasteiger partial charge on any atom is 0.165 e. The molecule has 0 spiro atoms. The molecule has 0 saturated heterocycles. The molecule has 32 heavy (non-hydrogen) atoms. The molecule has 0 atom stereocenters. The van der Waals surface area contributed by atoms with Crippen molar-refractivity contribution in [3.8, 4) is 5.75 Å². The third-order valence-electron chi connectivity index (χ3n) is 5.64. The van der Waals surface area contributed by atoms with E-state index in [1.165, 1.54) is 11.1 Å². The third kappa shape index (κ3) is 5.16. The summed E-state index contributed by atoms with van der Waals surface area (Å²) in [6.07, 6.45) is 4.67. The van der Waals surface area contributed by atoms with Crippen LogP contribution < -0.4 is 10.5 Å². The molecule has 0 aliphatic rings. The van der Waals surface area contributed by atoms with Gasteiger partial charge in [0.2, 0.25) is 0 Å². The predicted molar refractivity (Wildman–Crippen MR) is 131 cm³/mol. The summed E-state index contributed by atoms with van der Waals surface area (Å²) < 4.78 is 5.72. The van der Waals surface area contributed by atoms with Crippen LogP contribution in [0.1, 0.15) is 28.7 Å². The molecule has 0 unspecified atom stereocenters. The van der Waals surface area contributed by atoms with Crippen LogP contribution in [0.25, 0.3) is 21.8 Å². The van der Waals surface area contributed by atoms with Crippen molar-refractivity contribution in [1.29, 1.82) is 0 Å². The van der Waals surface area contributed by atoms with E-state index in [0.717, 1.165) is 51.5 Å². The van der Waals surface area contributed by atoms with Gasteiger partial charge in [0.05, 0.1) is 12.1 Å². The summed E-state index contributed by atoms with van der Waals surface area (Å²) in [5.74, 6) is 1.27. The first-order valence-corrected chi connectivity index (χ1v) is 12.2. The van der Waals surface area contributed by atoms with E-state index in [4.69, 9.17) is 20.3 Å². The van der Waals surface area contributed by atoms with Crippen molar-refractivity contribution in [2.75, 3.05) is 18.5 Å². The Morgan fingerprint density at radius 3 is 2.62 bits per heavy atom. The van der Waals surface area contributed by atoms with Gasteiger partial charge >= 0.3 is 0 Å². The number of aryl methyl sites for hydroxylation is 4. The standard InChI is InChI=1S/C25H28N3O3P/c1-16-4-9-21-22-14-18(15-27-24(22)25(26)28-23(21)12-16)5-6-19-7-8-20(13-17(19)2)31-10-3-11-32(29)30/h4,7-9,12-15,29-30H,3,5-6,10-11H2,1-2H3,(H2,26,28). The minimum absolute atomic E-state index is 0.378. The fourth-order valence-corrected chi connectivity index (χ4v) is 4.32. The van der Waals surface area contributed by atoms with Crippen molar-refractivity contribution in [3.63, 3.8) is 0 Å². The Balaban J connectivity index is 1.48. The normalized spacial score (nSPS) is 11.5. The number of rotatable bonds is 8. The SMILES string of the molecule is Cc1ccc2c(c1)nc(N)c1ncc(CCc3ccc(OCCCP(O)O)cc3C)cc12. The molecule has 0 amide bonds. The van der Waals surface area contributed by atoms with E-state index in [0.29, 0.717) is 25.0 Å². The van der Waals surface area contributed by atoms with Crippen LogP contribution in [-0.2, 0) is 12.8 Å². The average Bonchev–Trinajstić information content (AvgIpc) is 2.75. The molecule has 0 bridgehead atoms. The summed E-state index contributed by atoms with van der Waals surface area (Å²) >= 11 is 0. The molecule has 4 N–H and O–H groups in total. The average molecular weight is 449 g/mol. The van der Waals surface area contributed by atoms with E-state index in [-0.39, 0.29) is 0 Å². The summed E-state index contributed by atoms with van der Waals surface area (Å²) in [5, 5.41) is 2.11. The number of hydrogen-bond acceptors (Lipinski definition) is 6. The maximum absolute atomic E-state index is 8.97. The Bertz CT molecular complexity index is 1260. The van der Waals surface area contributed by atoms with Gasteiger partial charge in [-0.2, -0.15) is 0 Å². The lowest BCUT2D eigenvalue weighted by atomic mass is 9.99. The van der Waals surface area contributed by atoms with E-state index in [2.05, 4.69) is 54.1 Å². The molecule has 0 radical (unpaired) electrons. The number of nitrogen functional groups attached to an aromatic ring is 1. The molecule has 0 saturated carbocycles. The highest BCUT2D eigenvalue weighted by Crippen LogP contribution is 2.28. The highest BCUT2D eigenvalue weighted by Gasteiger charge is 2.10. The molecule has 0 aliphatic heterocycles. The number of aromatic nitrogens is 2. The Kier molecular flexibility index (Phi) is 6.85. The van der Waals surface area contributed by atoms with E-state index in [9.17, 15) is 0 Å². The molecule has 4 aromatic rings. The zero-order valence-corrected chi connectivity index (χ0v) is 19.3. The third-order valence-corrected chi connectivity index (χ3v) is 6.36. The minimum Gasteiger partial charge on any atom is -0.494 e. The molecular weight excluding hydrogens is 421 g/mol. The van der Waals surface area contributed by atoms with Crippen LogP contribution in [0.2, 0.25) is 0 Å². The van der Waals surface area contributed by atoms with E-state index in [1.807, 2.05) is 18.3 Å². The largest absolute Gasteiger partial charge is 0.494 e. The van der Waals surface area contributed by atoms with Crippen molar-refractivity contribution in [1.82, 2.24) is 9.97 Å². The monoisotopic (exact) mass is 449 g/mol. The zero-order chi connectivity index (χ0) is 22.7. The van der Waals surface area contributed by atoms with E-state index in [1.54, 1.807) is 0 Å². The minimum atomic E-state index is -1.84. The summed E-state index contributed by atoms with van der Waals surface area (Å²) in [6.45, 7) is 4.62. The van der Waals surface area contributed by atoms with Crippen molar-refractivity contribution in [2.24, 2.45) is 0 Å². The van der Waals surface area contributed by atoms with Gasteiger partial charge in [0.1, 0.15) is 11.3 Å². The number of ether oxygens (including phenoxy) is 1. The first kappa shape index (κ1) is 22.4. The van der Waals surface area contributed by atoms with Gasteiger partial charge < -0.3 is 20.3 Å². The lowest BCUT2D eigenvalue weighted by Gasteiger charge is -2.11. The molecule has 7 heteroatoms. The van der Waals surface area contributed by atoms with Gasteiger partial charge in [0.25, 0.3) is 0 Å². The summed E-state index contributed by atoms with van der Waals surface area (Å²) in [7, 11) is -1.84. The van der Waals surface area contributed by atoms with Crippen LogP contribution in [-0.4, -0.2) is 32.5 Å². The maximum atomic E-state index is 8.97. The molecule has 2 aromatic carbocycles. The highest BCUT2D eigenvalue weighted by molar-refractivity contribution is 7.45. The Morgan fingerprint density at radius 2 is 1.84 bits per heavy atom. The lowest BCUT2D eigenvalue weighted by molar-refractivity contribution is 0.315. The molecule has 2 aromatic heterocycles. The van der Waals surface area contributed by atoms with Gasteiger partial charge in [-0.3, -0.25) is 4.98 Å². The number of anilines is 1. The summed E-state index contributed by atoms with van der Waals surface area (Å²) in [6, 6.07) is 14.5. The lowest BCUT2D eigenvalue weighted by Crippen LogP contribution is -2.01. The van der Waals surface area contributed by atoms with Crippen LogP contribution in [0.4, 0.5) is 5.82 Å². The molecule has 2 heterocycles. The second-order valence-corrected chi connectivity index (χ2v) is 9.34. The molecular formula is C25H28N3O3P. The molecule has 0 fully saturated rings. The smallest absolute Gasteiger partial charge is 0.165 e. The second kappa shape index (κ2) is 9.78. The van der Waals surface area contributed by atoms with Crippen LogP contribution in [0.5, 0.6) is 5.75 Å². The van der Waals surface area contributed by atoms with Crippen molar-refractivity contribution in [3.05, 3.63) is 70.9 Å². The van der Waals surface area contributed by atoms with Gasteiger partial charge in [-0.25, -0.2) is 4.98 Å². The molecule has 166 valence electrons. The number of fused-ring (bicyclic) bond motifs is 3. The molecule has 4 rings (SSSR count). The van der Waals surface area contributed by atoms with Gasteiger partial charge in [-0.05, 0) is 79.6 Å². The Morgan fingerprint density at radius 1 is 1.00 bits per heavy atom. The number of hydrogen-bond donors (Lipinski definition) is 3. The second-order valence-electron chi connectivity index (χ2n) is 8.14. The fourth-order valence-electron chi connectivity index (χ4n) is 3.91. The van der Waals surface area contributed by atoms with Crippen molar-refractivity contribution >= 4 is 36.0 Å². The van der Waals surface area contributed by atoms with Crippen LogP contribution >= 0.6 is 8.38 Å². The summed E-state index contributed by atoms with van der Waals surface area (Å²) in [4.78, 5) is 27.1. The van der Waals surface area contributed by atoms with Crippen molar-refractivity contribution < 1.29 is 14.5 Å². The quantitative estimate of drug-likeness (QED) is 0.202. The number of nitrogens with two attached hydrogens (primary N) is 1. The fraction of sp³-hybridized carbons (Fsp3) is 0.280. The Labute approximate surface area is 189 Å². The van der Waals surface area contributed by atoms with Gasteiger partial charge in [-0.1, -0.05) is 18.2 Å². The summed E-state index contributed by atoms with van der Waals surface area (Å²) in [5.41, 5.74) is 12.6. The first-order valence-electron chi connectivity index (χ1n) is 10.7. The predicted octanol–water partition coefficient (Wildman–Crippen LogP) is 4.83. The van der Waals surface area contributed by atoms with Crippen LogP contribution in [0.15, 0.2) is 48.7 Å². The number of nitrogens with zero attached hydrogens (tertiary/aromatic N) is 2. The van der Waals surface area contributed by atoms with Gasteiger partial charge in [0.15, 0.2) is 14.2 Å². The molecule has 6 nitrogen and oxygen atoms in total. The van der Waals surface area contributed by atoms with Crippen LogP contribution in [0.3, 0.4) is 0 Å². The number of benzene rings is 2. The number of pyridine rings is 2. The zero-order valence-electron chi connectivity index (χ0n) is 18.4.